The molecule has 0 saturated carbocycles. The number of hydrogen-bond donors (Lipinski definition) is 1. The van der Waals surface area contributed by atoms with Crippen LogP contribution >= 0.6 is 22.9 Å². The van der Waals surface area contributed by atoms with E-state index in [-0.39, 0.29) is 0 Å². The van der Waals surface area contributed by atoms with E-state index in [0.717, 1.165) is 28.3 Å². The number of nitrogens with two attached hydrogens (primary N) is 1. The van der Waals surface area contributed by atoms with E-state index in [9.17, 15) is 0 Å². The van der Waals surface area contributed by atoms with Gasteiger partial charge in [-0.3, -0.25) is 0 Å². The molecule has 1 heterocycles. The summed E-state index contributed by atoms with van der Waals surface area (Å²) in [6.07, 6.45) is 0.990. The molecular weight excluding hydrogens is 226 g/mol. The maximum atomic E-state index is 6.06. The highest BCUT2D eigenvalue weighted by molar-refractivity contribution is 7.11. The van der Waals surface area contributed by atoms with Gasteiger partial charge in [-0.15, -0.1) is 11.3 Å². The van der Waals surface area contributed by atoms with E-state index >= 15 is 0 Å². The van der Waals surface area contributed by atoms with Crippen molar-refractivity contribution in [3.8, 4) is 11.1 Å². The molecule has 1 nitrogen and oxygen atoms in total. The Bertz CT molecular complexity index is 459. The predicted octanol–water partition coefficient (Wildman–Crippen LogP) is 4.21. The molecule has 0 unspecified atom stereocenters. The minimum atomic E-state index is 0.753. The van der Waals surface area contributed by atoms with E-state index in [1.165, 1.54) is 4.88 Å². The molecule has 3 heteroatoms. The highest BCUT2D eigenvalue weighted by atomic mass is 35.5. The van der Waals surface area contributed by atoms with Crippen LogP contribution in [0.15, 0.2) is 29.6 Å². The monoisotopic (exact) mass is 237 g/mol. The molecule has 0 fully saturated rings. The zero-order valence-corrected chi connectivity index (χ0v) is 10.0. The number of rotatable bonds is 2. The van der Waals surface area contributed by atoms with E-state index in [1.54, 1.807) is 11.3 Å². The lowest BCUT2D eigenvalue weighted by Crippen LogP contribution is -1.89. The maximum Gasteiger partial charge on any atom is 0.0535 e. The average molecular weight is 238 g/mol. The second kappa shape index (κ2) is 4.25. The van der Waals surface area contributed by atoms with Gasteiger partial charge in [-0.25, -0.2) is 0 Å². The Morgan fingerprint density at radius 2 is 1.93 bits per heavy atom. The molecule has 0 aliphatic carbocycles. The molecule has 15 heavy (non-hydrogen) atoms. The van der Waals surface area contributed by atoms with E-state index in [2.05, 4.69) is 12.3 Å². The third-order valence-electron chi connectivity index (χ3n) is 2.39. The van der Waals surface area contributed by atoms with Crippen LogP contribution in [0.1, 0.15) is 11.8 Å². The summed E-state index contributed by atoms with van der Waals surface area (Å²) >= 11 is 7.56. The van der Waals surface area contributed by atoms with Crippen LogP contribution in [-0.2, 0) is 6.42 Å². The number of benzene rings is 1. The first-order valence-corrected chi connectivity index (χ1v) is 6.10. The summed E-state index contributed by atoms with van der Waals surface area (Å²) in [5.74, 6) is 0. The van der Waals surface area contributed by atoms with Crippen LogP contribution in [0.3, 0.4) is 0 Å². The number of thiophene rings is 1. The third kappa shape index (κ3) is 2.01. The molecule has 0 amide bonds. The highest BCUT2D eigenvalue weighted by Crippen LogP contribution is 2.34. The van der Waals surface area contributed by atoms with Crippen LogP contribution in [0.5, 0.6) is 0 Å². The molecule has 0 atom stereocenters. The Balaban J connectivity index is 2.45. The van der Waals surface area contributed by atoms with E-state index in [4.69, 9.17) is 17.3 Å². The predicted molar refractivity (Wildman–Crippen MR) is 68.6 cm³/mol. The van der Waals surface area contributed by atoms with Crippen molar-refractivity contribution in [2.24, 2.45) is 0 Å². The molecule has 2 rings (SSSR count). The average Bonchev–Trinajstić information content (AvgIpc) is 2.61. The number of halogens is 1. The van der Waals surface area contributed by atoms with Gasteiger partial charge in [0.25, 0.3) is 0 Å². The highest BCUT2D eigenvalue weighted by Gasteiger charge is 2.08. The summed E-state index contributed by atoms with van der Waals surface area (Å²) in [6, 6.07) is 7.78. The first-order chi connectivity index (χ1) is 7.22. The molecule has 0 aliphatic heterocycles. The van der Waals surface area contributed by atoms with E-state index in [1.807, 2.05) is 24.3 Å². The first-order valence-electron chi connectivity index (χ1n) is 4.84. The van der Waals surface area contributed by atoms with Gasteiger partial charge in [0, 0.05) is 20.8 Å². The van der Waals surface area contributed by atoms with Gasteiger partial charge in [-0.05, 0) is 24.1 Å². The molecular formula is C12H12ClNS. The second-order valence-electron chi connectivity index (χ2n) is 3.35. The van der Waals surface area contributed by atoms with Gasteiger partial charge >= 0.3 is 0 Å². The minimum Gasteiger partial charge on any atom is -0.397 e. The summed E-state index contributed by atoms with van der Waals surface area (Å²) in [4.78, 5) is 1.25. The van der Waals surface area contributed by atoms with Gasteiger partial charge in [0.1, 0.15) is 0 Å². The van der Waals surface area contributed by atoms with Crippen LogP contribution in [0, 0.1) is 0 Å². The van der Waals surface area contributed by atoms with Crippen LogP contribution < -0.4 is 5.73 Å². The van der Waals surface area contributed by atoms with Gasteiger partial charge in [0.2, 0.25) is 0 Å². The largest absolute Gasteiger partial charge is 0.397 e. The molecule has 1 aromatic carbocycles. The van der Waals surface area contributed by atoms with Crippen molar-refractivity contribution in [1.82, 2.24) is 0 Å². The molecule has 0 aliphatic rings. The van der Waals surface area contributed by atoms with Crippen molar-refractivity contribution in [3.05, 3.63) is 39.5 Å². The van der Waals surface area contributed by atoms with Gasteiger partial charge in [0.15, 0.2) is 0 Å². The van der Waals surface area contributed by atoms with Crippen molar-refractivity contribution < 1.29 is 0 Å². The second-order valence-corrected chi connectivity index (χ2v) is 4.75. The van der Waals surface area contributed by atoms with Crippen molar-refractivity contribution in [1.29, 1.82) is 0 Å². The molecule has 0 saturated heterocycles. The van der Waals surface area contributed by atoms with Crippen molar-refractivity contribution in [2.75, 3.05) is 5.73 Å². The summed E-state index contributed by atoms with van der Waals surface area (Å²) in [7, 11) is 0. The van der Waals surface area contributed by atoms with Crippen LogP contribution in [0.25, 0.3) is 11.1 Å². The zero-order valence-electron chi connectivity index (χ0n) is 8.46. The van der Waals surface area contributed by atoms with Gasteiger partial charge in [-0.1, -0.05) is 30.7 Å². The Hall–Kier alpha value is -0.990. The van der Waals surface area contributed by atoms with Crippen LogP contribution in [-0.4, -0.2) is 0 Å². The molecule has 0 radical (unpaired) electrons. The van der Waals surface area contributed by atoms with E-state index in [0.29, 0.717) is 0 Å². The topological polar surface area (TPSA) is 26.0 Å². The molecule has 78 valence electrons. The summed E-state index contributed by atoms with van der Waals surface area (Å²) in [5.41, 5.74) is 9.22. The number of aryl methyl sites for hydroxylation is 1. The van der Waals surface area contributed by atoms with Crippen molar-refractivity contribution in [2.45, 2.75) is 13.3 Å². The molecule has 2 aromatic rings. The smallest absolute Gasteiger partial charge is 0.0535 e. The normalized spacial score (nSPS) is 10.5. The number of nitrogen functional groups attached to an aromatic ring is 1. The fourth-order valence-electron chi connectivity index (χ4n) is 1.53. The summed E-state index contributed by atoms with van der Waals surface area (Å²) < 4.78 is 0. The third-order valence-corrected chi connectivity index (χ3v) is 3.78. The molecule has 0 spiro atoms. The molecule has 1 aromatic heterocycles. The number of anilines is 1. The van der Waals surface area contributed by atoms with Gasteiger partial charge < -0.3 is 5.73 Å². The van der Waals surface area contributed by atoms with Crippen molar-refractivity contribution >= 4 is 28.6 Å². The zero-order chi connectivity index (χ0) is 10.8. The fourth-order valence-corrected chi connectivity index (χ4v) is 2.59. The first kappa shape index (κ1) is 10.5. The van der Waals surface area contributed by atoms with Gasteiger partial charge in [-0.2, -0.15) is 0 Å². The molecule has 2 N–H and O–H groups in total. The summed E-state index contributed by atoms with van der Waals surface area (Å²) in [6.45, 7) is 2.12. The Kier molecular flexibility index (Phi) is 2.98. The Labute approximate surface area is 98.5 Å². The lowest BCUT2D eigenvalue weighted by atomic mass is 10.1. The lowest BCUT2D eigenvalue weighted by Gasteiger charge is -2.01. The molecule has 0 bridgehead atoms. The minimum absolute atomic E-state index is 0.753. The SMILES string of the molecule is CCc1scc(-c2ccc(Cl)cc2)c1N. The summed E-state index contributed by atoms with van der Waals surface area (Å²) in [5, 5.41) is 2.86. The van der Waals surface area contributed by atoms with Crippen molar-refractivity contribution in [3.63, 3.8) is 0 Å². The number of hydrogen-bond acceptors (Lipinski definition) is 2. The van der Waals surface area contributed by atoms with E-state index < -0.39 is 0 Å². The lowest BCUT2D eigenvalue weighted by molar-refractivity contribution is 1.19. The van der Waals surface area contributed by atoms with Crippen LogP contribution in [0.4, 0.5) is 5.69 Å². The van der Waals surface area contributed by atoms with Gasteiger partial charge in [0.05, 0.1) is 5.69 Å². The standard InChI is InChI=1S/C12H12ClNS/c1-2-11-12(14)10(7-15-11)8-3-5-9(13)6-4-8/h3-7H,2,14H2,1H3. The Morgan fingerprint density at radius 1 is 1.27 bits per heavy atom. The quantitative estimate of drug-likeness (QED) is 0.832. The fraction of sp³-hybridized carbons (Fsp3) is 0.167. The maximum absolute atomic E-state index is 6.06. The Morgan fingerprint density at radius 3 is 2.47 bits per heavy atom. The van der Waals surface area contributed by atoms with Crippen LogP contribution in [0.2, 0.25) is 5.02 Å².